The van der Waals surface area contributed by atoms with Crippen LogP contribution in [-0.2, 0) is 6.42 Å². The highest BCUT2D eigenvalue weighted by Crippen LogP contribution is 2.17. The van der Waals surface area contributed by atoms with Crippen molar-refractivity contribution in [1.82, 2.24) is 14.9 Å². The third kappa shape index (κ3) is 4.67. The molecular formula is C18H23N5O2. The van der Waals surface area contributed by atoms with Crippen LogP contribution in [0.3, 0.4) is 0 Å². The number of carboxylic acids is 1. The van der Waals surface area contributed by atoms with Crippen LogP contribution in [-0.4, -0.2) is 65.7 Å². The molecule has 0 aliphatic carbocycles. The highest BCUT2D eigenvalue weighted by molar-refractivity contribution is 5.84. The second-order valence-corrected chi connectivity index (χ2v) is 6.23. The molecule has 7 heteroatoms. The molecule has 1 aliphatic rings. The lowest BCUT2D eigenvalue weighted by Gasteiger charge is -2.34. The Morgan fingerprint density at radius 2 is 1.84 bits per heavy atom. The van der Waals surface area contributed by atoms with Crippen molar-refractivity contribution in [2.45, 2.75) is 6.42 Å². The molecule has 0 bridgehead atoms. The highest BCUT2D eigenvalue weighted by atomic mass is 16.4. The van der Waals surface area contributed by atoms with E-state index < -0.39 is 5.97 Å². The molecule has 2 N–H and O–H groups in total. The fraction of sp³-hybridized carbons (Fsp3) is 0.389. The smallest absolute Gasteiger partial charge is 0.356 e. The quantitative estimate of drug-likeness (QED) is 0.825. The highest BCUT2D eigenvalue weighted by Gasteiger charge is 2.13. The van der Waals surface area contributed by atoms with E-state index in [9.17, 15) is 4.79 Å². The number of likely N-dealkylation sites (N-methyl/N-ethyl adjacent to an activating group) is 1. The van der Waals surface area contributed by atoms with E-state index in [1.54, 1.807) is 0 Å². The van der Waals surface area contributed by atoms with E-state index >= 15 is 0 Å². The van der Waals surface area contributed by atoms with Gasteiger partial charge in [0.2, 0.25) is 0 Å². The molecule has 3 rings (SSSR count). The summed E-state index contributed by atoms with van der Waals surface area (Å²) in [6.45, 7) is 5.07. The van der Waals surface area contributed by atoms with Crippen LogP contribution in [0.2, 0.25) is 0 Å². The Bertz CT molecular complexity index is 694. The number of aromatic carboxylic acids is 1. The summed E-state index contributed by atoms with van der Waals surface area (Å²) in [5.41, 5.74) is 2.48. The summed E-state index contributed by atoms with van der Waals surface area (Å²) in [6, 6.07) is 8.69. The molecule has 7 nitrogen and oxygen atoms in total. The molecule has 132 valence electrons. The lowest BCUT2D eigenvalue weighted by molar-refractivity contribution is 0.0690. The first-order chi connectivity index (χ1) is 12.1. The Morgan fingerprint density at radius 3 is 2.44 bits per heavy atom. The predicted octanol–water partition coefficient (Wildman–Crippen LogP) is 1.58. The largest absolute Gasteiger partial charge is 0.476 e. The van der Waals surface area contributed by atoms with Gasteiger partial charge in [0.15, 0.2) is 5.69 Å². The van der Waals surface area contributed by atoms with Crippen molar-refractivity contribution in [3.05, 3.63) is 47.9 Å². The number of rotatable bonds is 6. The number of nitrogens with one attached hydrogen (secondary N) is 1. The number of carbonyl (C=O) groups is 1. The van der Waals surface area contributed by atoms with E-state index in [1.807, 2.05) is 0 Å². The van der Waals surface area contributed by atoms with Gasteiger partial charge in [-0.1, -0.05) is 12.1 Å². The summed E-state index contributed by atoms with van der Waals surface area (Å²) in [5, 5.41) is 12.0. The van der Waals surface area contributed by atoms with Crippen molar-refractivity contribution in [1.29, 1.82) is 0 Å². The average molecular weight is 341 g/mol. The monoisotopic (exact) mass is 341 g/mol. The topological polar surface area (TPSA) is 81.6 Å². The van der Waals surface area contributed by atoms with Gasteiger partial charge < -0.3 is 20.2 Å². The Morgan fingerprint density at radius 1 is 1.12 bits per heavy atom. The number of carboxylic acid groups (broad SMARTS) is 1. The second kappa shape index (κ2) is 7.94. The standard InChI is InChI=1S/C18H23N5O2/c1-22-8-10-23(11-9-22)15-4-2-14(3-5-15)6-7-19-17-13-20-16(12-21-17)18(24)25/h2-5,12-13H,6-11H2,1H3,(H,19,21)(H,24,25). The van der Waals surface area contributed by atoms with Gasteiger partial charge in [-0.2, -0.15) is 0 Å². The van der Waals surface area contributed by atoms with Crippen LogP contribution >= 0.6 is 0 Å². The van der Waals surface area contributed by atoms with E-state index in [2.05, 4.69) is 56.4 Å². The molecule has 1 aromatic carbocycles. The van der Waals surface area contributed by atoms with Gasteiger partial charge in [0.05, 0.1) is 12.4 Å². The van der Waals surface area contributed by atoms with Crippen LogP contribution in [0.15, 0.2) is 36.7 Å². The first-order valence-corrected chi connectivity index (χ1v) is 8.43. The molecular weight excluding hydrogens is 318 g/mol. The maximum Gasteiger partial charge on any atom is 0.356 e. The van der Waals surface area contributed by atoms with Crippen molar-refractivity contribution < 1.29 is 9.90 Å². The fourth-order valence-corrected chi connectivity index (χ4v) is 2.80. The average Bonchev–Trinajstić information content (AvgIpc) is 2.63. The minimum atomic E-state index is -1.07. The molecule has 1 aromatic heterocycles. The zero-order valence-corrected chi connectivity index (χ0v) is 14.4. The summed E-state index contributed by atoms with van der Waals surface area (Å²) < 4.78 is 0. The molecule has 0 amide bonds. The van der Waals surface area contributed by atoms with Gasteiger partial charge in [-0.3, -0.25) is 0 Å². The van der Waals surface area contributed by atoms with Crippen molar-refractivity contribution in [3.63, 3.8) is 0 Å². The van der Waals surface area contributed by atoms with E-state index in [1.165, 1.54) is 23.6 Å². The number of piperazine rings is 1. The summed E-state index contributed by atoms with van der Waals surface area (Å²) in [4.78, 5) is 23.4. The number of hydrogen-bond acceptors (Lipinski definition) is 6. The molecule has 2 aromatic rings. The van der Waals surface area contributed by atoms with Gasteiger partial charge in [0.1, 0.15) is 5.82 Å². The van der Waals surface area contributed by atoms with Gasteiger partial charge in [-0.05, 0) is 31.2 Å². The molecule has 0 spiro atoms. The first kappa shape index (κ1) is 17.2. The minimum absolute atomic E-state index is 0.0509. The van der Waals surface area contributed by atoms with Crippen LogP contribution in [0, 0.1) is 0 Å². The Balaban J connectivity index is 1.47. The van der Waals surface area contributed by atoms with Gasteiger partial charge in [-0.15, -0.1) is 0 Å². The summed E-state index contributed by atoms with van der Waals surface area (Å²) in [5.74, 6) is -0.487. The molecule has 2 heterocycles. The second-order valence-electron chi connectivity index (χ2n) is 6.23. The Hall–Kier alpha value is -2.67. The number of anilines is 2. The minimum Gasteiger partial charge on any atom is -0.476 e. The van der Waals surface area contributed by atoms with Crippen molar-refractivity contribution in [2.75, 3.05) is 50.0 Å². The van der Waals surface area contributed by atoms with Gasteiger partial charge >= 0.3 is 5.97 Å². The molecule has 1 fully saturated rings. The van der Waals surface area contributed by atoms with E-state index in [-0.39, 0.29) is 5.69 Å². The lowest BCUT2D eigenvalue weighted by Crippen LogP contribution is -2.44. The van der Waals surface area contributed by atoms with Gasteiger partial charge in [0, 0.05) is 38.4 Å². The van der Waals surface area contributed by atoms with Crippen LogP contribution in [0.1, 0.15) is 16.1 Å². The zero-order valence-electron chi connectivity index (χ0n) is 14.4. The third-order valence-corrected chi connectivity index (χ3v) is 4.40. The maximum atomic E-state index is 10.7. The van der Waals surface area contributed by atoms with E-state index in [0.717, 1.165) is 39.1 Å². The lowest BCUT2D eigenvalue weighted by atomic mass is 10.1. The predicted molar refractivity (Wildman–Crippen MR) is 97.3 cm³/mol. The van der Waals surface area contributed by atoms with E-state index in [4.69, 9.17) is 5.11 Å². The summed E-state index contributed by atoms with van der Waals surface area (Å²) >= 11 is 0. The van der Waals surface area contributed by atoms with Crippen molar-refractivity contribution in [2.24, 2.45) is 0 Å². The zero-order chi connectivity index (χ0) is 17.6. The first-order valence-electron chi connectivity index (χ1n) is 8.43. The number of hydrogen-bond donors (Lipinski definition) is 2. The van der Waals surface area contributed by atoms with Crippen LogP contribution in [0.4, 0.5) is 11.5 Å². The Labute approximate surface area is 147 Å². The molecule has 0 atom stereocenters. The normalized spacial score (nSPS) is 15.2. The molecule has 1 saturated heterocycles. The number of aromatic nitrogens is 2. The molecule has 0 saturated carbocycles. The summed E-state index contributed by atoms with van der Waals surface area (Å²) in [6.07, 6.45) is 3.57. The van der Waals surface area contributed by atoms with Crippen LogP contribution in [0.5, 0.6) is 0 Å². The third-order valence-electron chi connectivity index (χ3n) is 4.40. The molecule has 1 aliphatic heterocycles. The van der Waals surface area contributed by atoms with Crippen molar-refractivity contribution >= 4 is 17.5 Å². The molecule has 0 radical (unpaired) electrons. The number of nitrogens with zero attached hydrogens (tertiary/aromatic N) is 4. The van der Waals surface area contributed by atoms with Gasteiger partial charge in [-0.25, -0.2) is 14.8 Å². The SMILES string of the molecule is CN1CCN(c2ccc(CCNc3cnc(C(=O)O)cn3)cc2)CC1. The maximum absolute atomic E-state index is 10.7. The molecule has 0 unspecified atom stereocenters. The van der Waals surface area contributed by atoms with E-state index in [0.29, 0.717) is 5.82 Å². The van der Waals surface area contributed by atoms with Crippen LogP contribution < -0.4 is 10.2 Å². The summed E-state index contributed by atoms with van der Waals surface area (Å²) in [7, 11) is 2.16. The van der Waals surface area contributed by atoms with Crippen LogP contribution in [0.25, 0.3) is 0 Å². The van der Waals surface area contributed by atoms with Gasteiger partial charge in [0.25, 0.3) is 0 Å². The van der Waals surface area contributed by atoms with Crippen molar-refractivity contribution in [3.8, 4) is 0 Å². The molecule has 25 heavy (non-hydrogen) atoms. The fourth-order valence-electron chi connectivity index (χ4n) is 2.80. The Kier molecular flexibility index (Phi) is 5.45. The number of benzene rings is 1.